The number of allylic oxidation sites excluding steroid dienone is 1. The number of hydrogen-bond acceptors (Lipinski definition) is 3. The van der Waals surface area contributed by atoms with Gasteiger partial charge < -0.3 is 9.64 Å². The number of anilines is 1. The molecule has 0 aromatic heterocycles. The second-order valence-electron chi connectivity index (χ2n) is 6.15. The van der Waals surface area contributed by atoms with Crippen LogP contribution in [0.3, 0.4) is 0 Å². The minimum absolute atomic E-state index is 0.562. The summed E-state index contributed by atoms with van der Waals surface area (Å²) in [5.74, 6) is 0.776. The molecule has 3 nitrogen and oxygen atoms in total. The summed E-state index contributed by atoms with van der Waals surface area (Å²) in [5, 5.41) is 10.2. The number of benzene rings is 2. The van der Waals surface area contributed by atoms with Gasteiger partial charge >= 0.3 is 0 Å². The summed E-state index contributed by atoms with van der Waals surface area (Å²) in [4.78, 5) is 2.39. The van der Waals surface area contributed by atoms with Gasteiger partial charge in [-0.25, -0.2) is 0 Å². The molecule has 0 aliphatic carbocycles. The lowest BCUT2D eigenvalue weighted by Gasteiger charge is -2.29. The molecule has 0 spiro atoms. The summed E-state index contributed by atoms with van der Waals surface area (Å²) in [6.07, 6.45) is 5.62. The smallest absolute Gasteiger partial charge is 0.128 e. The van der Waals surface area contributed by atoms with Crippen LogP contribution in [0, 0.1) is 11.3 Å². The van der Waals surface area contributed by atoms with Crippen molar-refractivity contribution in [3.63, 3.8) is 0 Å². The van der Waals surface area contributed by atoms with Crippen LogP contribution in [-0.2, 0) is 0 Å². The first kappa shape index (κ1) is 17.4. The highest BCUT2D eigenvalue weighted by Crippen LogP contribution is 2.30. The maximum Gasteiger partial charge on any atom is 0.128 e. The van der Waals surface area contributed by atoms with Crippen LogP contribution in [0.5, 0.6) is 5.75 Å². The lowest BCUT2D eigenvalue weighted by atomic mass is 10.0. The Bertz CT molecular complexity index is 817. The Hall–Kier alpha value is -2.44. The van der Waals surface area contributed by atoms with Crippen LogP contribution in [0.1, 0.15) is 30.4 Å². The molecule has 0 unspecified atom stereocenters. The van der Waals surface area contributed by atoms with E-state index in [0.29, 0.717) is 10.6 Å². The lowest BCUT2D eigenvalue weighted by molar-refractivity contribution is 0.413. The van der Waals surface area contributed by atoms with Crippen molar-refractivity contribution in [2.24, 2.45) is 0 Å². The molecule has 4 heteroatoms. The van der Waals surface area contributed by atoms with Gasteiger partial charge in [0.1, 0.15) is 5.75 Å². The lowest BCUT2D eigenvalue weighted by Crippen LogP contribution is -2.29. The summed E-state index contributed by atoms with van der Waals surface area (Å²) in [5.41, 5.74) is 3.43. The second-order valence-corrected chi connectivity index (χ2v) is 6.59. The fraction of sp³-hybridized carbons (Fsp3) is 0.286. The molecule has 2 aromatic rings. The van der Waals surface area contributed by atoms with Crippen molar-refractivity contribution in [2.75, 3.05) is 25.1 Å². The van der Waals surface area contributed by atoms with Crippen LogP contribution in [0.2, 0.25) is 5.02 Å². The number of hydrogen-bond donors (Lipinski definition) is 0. The molecular formula is C21H21ClN2O. The number of methoxy groups -OCH3 is 1. The number of nitrogens with zero attached hydrogens (tertiary/aromatic N) is 2. The summed E-state index contributed by atoms with van der Waals surface area (Å²) >= 11 is 6.05. The van der Waals surface area contributed by atoms with Gasteiger partial charge in [-0.2, -0.15) is 5.26 Å². The number of ether oxygens (including phenoxy) is 1. The van der Waals surface area contributed by atoms with E-state index in [1.807, 2.05) is 24.3 Å². The van der Waals surface area contributed by atoms with Crippen molar-refractivity contribution in [3.05, 3.63) is 58.6 Å². The molecule has 0 saturated carbocycles. The SMILES string of the molecule is COc1cc(N2CCCCC2)ccc1/C=C(/C#N)c1cccc(Cl)c1. The highest BCUT2D eigenvalue weighted by Gasteiger charge is 2.13. The molecule has 2 aromatic carbocycles. The van der Waals surface area contributed by atoms with Gasteiger partial charge in [0, 0.05) is 35.4 Å². The largest absolute Gasteiger partial charge is 0.496 e. The van der Waals surface area contributed by atoms with Crippen LogP contribution >= 0.6 is 11.6 Å². The zero-order chi connectivity index (χ0) is 17.6. The highest BCUT2D eigenvalue weighted by atomic mass is 35.5. The molecule has 0 amide bonds. The number of halogens is 1. The van der Waals surface area contributed by atoms with Gasteiger partial charge in [0.05, 0.1) is 18.8 Å². The van der Waals surface area contributed by atoms with E-state index in [1.165, 1.54) is 24.9 Å². The molecular weight excluding hydrogens is 332 g/mol. The average Bonchev–Trinajstić information content (AvgIpc) is 2.66. The standard InChI is InChI=1S/C21H21ClN2O/c1-25-21-14-20(24-10-3-2-4-11-24)9-8-17(21)12-18(15-23)16-6-5-7-19(22)13-16/h5-9,12-14H,2-4,10-11H2,1H3/b18-12-. The molecule has 3 rings (SSSR count). The van der Waals surface area contributed by atoms with Crippen LogP contribution in [0.15, 0.2) is 42.5 Å². The van der Waals surface area contributed by atoms with E-state index in [2.05, 4.69) is 23.1 Å². The first-order valence-corrected chi connectivity index (χ1v) is 8.90. The number of rotatable bonds is 4. The first-order valence-electron chi connectivity index (χ1n) is 8.52. The Morgan fingerprint density at radius 3 is 2.64 bits per heavy atom. The molecule has 25 heavy (non-hydrogen) atoms. The fourth-order valence-corrected chi connectivity index (χ4v) is 3.35. The van der Waals surface area contributed by atoms with Gasteiger partial charge in [0.25, 0.3) is 0 Å². The van der Waals surface area contributed by atoms with E-state index in [1.54, 1.807) is 19.2 Å². The third-order valence-corrected chi connectivity index (χ3v) is 4.73. The molecule has 1 fully saturated rings. The first-order chi connectivity index (χ1) is 12.2. The Morgan fingerprint density at radius 1 is 1.16 bits per heavy atom. The molecule has 1 aliphatic heterocycles. The van der Waals surface area contributed by atoms with Gasteiger partial charge in [0.15, 0.2) is 0 Å². The van der Waals surface area contributed by atoms with Crippen molar-refractivity contribution in [2.45, 2.75) is 19.3 Å². The van der Waals surface area contributed by atoms with Crippen molar-refractivity contribution in [3.8, 4) is 11.8 Å². The molecule has 0 N–H and O–H groups in total. The van der Waals surface area contributed by atoms with E-state index in [-0.39, 0.29) is 0 Å². The minimum atomic E-state index is 0.562. The van der Waals surface area contributed by atoms with E-state index < -0.39 is 0 Å². The highest BCUT2D eigenvalue weighted by molar-refractivity contribution is 6.30. The summed E-state index contributed by atoms with van der Waals surface area (Å²) in [6.45, 7) is 2.18. The zero-order valence-electron chi connectivity index (χ0n) is 14.3. The van der Waals surface area contributed by atoms with Gasteiger partial charge in [-0.3, -0.25) is 0 Å². The van der Waals surface area contributed by atoms with Crippen LogP contribution in [0.25, 0.3) is 11.6 Å². The minimum Gasteiger partial charge on any atom is -0.496 e. The van der Waals surface area contributed by atoms with Gasteiger partial charge in [-0.05, 0) is 55.2 Å². The summed E-state index contributed by atoms with van der Waals surface area (Å²) in [7, 11) is 1.66. The van der Waals surface area contributed by atoms with E-state index in [0.717, 1.165) is 30.0 Å². The Balaban J connectivity index is 1.94. The van der Waals surface area contributed by atoms with Crippen molar-refractivity contribution < 1.29 is 4.74 Å². The summed E-state index contributed by atoms with van der Waals surface area (Å²) in [6, 6.07) is 15.8. The van der Waals surface area contributed by atoms with E-state index in [4.69, 9.17) is 16.3 Å². The monoisotopic (exact) mass is 352 g/mol. The van der Waals surface area contributed by atoms with E-state index >= 15 is 0 Å². The predicted octanol–water partition coefficient (Wildman–Crippen LogP) is 5.40. The Labute approximate surface area is 154 Å². The predicted molar refractivity (Wildman–Crippen MR) is 104 cm³/mol. The molecule has 1 aliphatic rings. The molecule has 1 heterocycles. The quantitative estimate of drug-likeness (QED) is 0.545. The Morgan fingerprint density at radius 2 is 1.96 bits per heavy atom. The molecule has 128 valence electrons. The van der Waals surface area contributed by atoms with Crippen LogP contribution < -0.4 is 9.64 Å². The van der Waals surface area contributed by atoms with Crippen LogP contribution in [0.4, 0.5) is 5.69 Å². The third-order valence-electron chi connectivity index (χ3n) is 4.49. The molecule has 0 radical (unpaired) electrons. The van der Waals surface area contributed by atoms with Gasteiger partial charge in [-0.1, -0.05) is 23.7 Å². The normalized spacial score (nSPS) is 14.9. The third kappa shape index (κ3) is 4.15. The summed E-state index contributed by atoms with van der Waals surface area (Å²) < 4.78 is 5.58. The maximum atomic E-state index is 9.54. The Kier molecular flexibility index (Phi) is 5.63. The molecule has 0 atom stereocenters. The zero-order valence-corrected chi connectivity index (χ0v) is 15.1. The average molecular weight is 353 g/mol. The van der Waals surface area contributed by atoms with E-state index in [9.17, 15) is 5.26 Å². The fourth-order valence-electron chi connectivity index (χ4n) is 3.16. The topological polar surface area (TPSA) is 36.3 Å². The van der Waals surface area contributed by atoms with Crippen molar-refractivity contribution in [1.29, 1.82) is 5.26 Å². The van der Waals surface area contributed by atoms with Crippen molar-refractivity contribution >= 4 is 28.9 Å². The van der Waals surface area contributed by atoms with Gasteiger partial charge in [-0.15, -0.1) is 0 Å². The van der Waals surface area contributed by atoms with Crippen LogP contribution in [-0.4, -0.2) is 20.2 Å². The van der Waals surface area contributed by atoms with Gasteiger partial charge in [0.2, 0.25) is 0 Å². The second kappa shape index (κ2) is 8.09. The maximum absolute atomic E-state index is 9.54. The van der Waals surface area contributed by atoms with Crippen molar-refractivity contribution in [1.82, 2.24) is 0 Å². The number of nitriles is 1. The molecule has 1 saturated heterocycles. The number of piperidine rings is 1. The molecule has 0 bridgehead atoms.